The Morgan fingerprint density at radius 3 is 2.19 bits per heavy atom. The maximum Gasteiger partial charge on any atom is 0.253 e. The van der Waals surface area contributed by atoms with Gasteiger partial charge >= 0.3 is 0 Å². The van der Waals surface area contributed by atoms with Gasteiger partial charge in [-0.3, -0.25) is 9.78 Å². The number of carbonyl (C=O) groups is 1. The summed E-state index contributed by atoms with van der Waals surface area (Å²) in [5, 5.41) is 6.27. The molecule has 3 aromatic rings. The highest BCUT2D eigenvalue weighted by Gasteiger charge is 2.07. The standard InChI is InChI=1S/C22H23N3O/c1-16-5-3-7-18(9-16)12-24-21-11-20(14-23-15-21)22(26)25-13-19-8-4-6-17(2)10-19/h3-11,14-15,24H,12-13H2,1-2H3,(H,25,26). The predicted molar refractivity (Wildman–Crippen MR) is 105 cm³/mol. The molecule has 0 aliphatic rings. The topological polar surface area (TPSA) is 54.0 Å². The minimum atomic E-state index is -0.127. The molecule has 2 N–H and O–H groups in total. The second-order valence-corrected chi connectivity index (χ2v) is 6.48. The Bertz CT molecular complexity index is 905. The van der Waals surface area contributed by atoms with Gasteiger partial charge in [-0.15, -0.1) is 0 Å². The maximum absolute atomic E-state index is 12.4. The molecular formula is C22H23N3O. The molecule has 0 spiro atoms. The van der Waals surface area contributed by atoms with Crippen molar-refractivity contribution < 1.29 is 4.79 Å². The average molecular weight is 345 g/mol. The van der Waals surface area contributed by atoms with Crippen LogP contribution in [0.4, 0.5) is 5.69 Å². The summed E-state index contributed by atoms with van der Waals surface area (Å²) < 4.78 is 0. The van der Waals surface area contributed by atoms with Crippen LogP contribution in [-0.4, -0.2) is 10.9 Å². The molecule has 0 fully saturated rings. The number of nitrogens with zero attached hydrogens (tertiary/aromatic N) is 1. The summed E-state index contributed by atoms with van der Waals surface area (Å²) in [6.07, 6.45) is 3.32. The molecule has 0 aliphatic carbocycles. The summed E-state index contributed by atoms with van der Waals surface area (Å²) in [6, 6.07) is 18.3. The summed E-state index contributed by atoms with van der Waals surface area (Å²) in [5.41, 5.74) is 6.06. The molecule has 0 saturated heterocycles. The fourth-order valence-electron chi connectivity index (χ4n) is 2.79. The van der Waals surface area contributed by atoms with Crippen LogP contribution < -0.4 is 10.6 Å². The summed E-state index contributed by atoms with van der Waals surface area (Å²) in [7, 11) is 0. The molecule has 1 amide bonds. The third kappa shape index (κ3) is 4.93. The van der Waals surface area contributed by atoms with Crippen molar-refractivity contribution in [2.45, 2.75) is 26.9 Å². The van der Waals surface area contributed by atoms with E-state index in [9.17, 15) is 4.79 Å². The smallest absolute Gasteiger partial charge is 0.253 e. The van der Waals surface area contributed by atoms with E-state index in [1.807, 2.05) is 37.3 Å². The first-order chi connectivity index (χ1) is 12.6. The van der Waals surface area contributed by atoms with Gasteiger partial charge in [-0.2, -0.15) is 0 Å². The molecule has 2 aromatic carbocycles. The second-order valence-electron chi connectivity index (χ2n) is 6.48. The predicted octanol–water partition coefficient (Wildman–Crippen LogP) is 4.24. The molecule has 0 atom stereocenters. The average Bonchev–Trinajstić information content (AvgIpc) is 2.65. The Morgan fingerprint density at radius 2 is 1.54 bits per heavy atom. The molecule has 4 nitrogen and oxygen atoms in total. The molecular weight excluding hydrogens is 322 g/mol. The van der Waals surface area contributed by atoms with Crippen LogP contribution >= 0.6 is 0 Å². The van der Waals surface area contributed by atoms with Gasteiger partial charge in [-0.25, -0.2) is 0 Å². The van der Waals surface area contributed by atoms with Crippen LogP contribution in [0.25, 0.3) is 0 Å². The number of aryl methyl sites for hydroxylation is 2. The normalized spacial score (nSPS) is 10.4. The van der Waals surface area contributed by atoms with Gasteiger partial charge in [0.1, 0.15) is 0 Å². The van der Waals surface area contributed by atoms with Crippen molar-refractivity contribution in [3.8, 4) is 0 Å². The molecule has 1 heterocycles. The number of amides is 1. The Labute approximate surface area is 154 Å². The lowest BCUT2D eigenvalue weighted by Crippen LogP contribution is -2.23. The minimum Gasteiger partial charge on any atom is -0.380 e. The van der Waals surface area contributed by atoms with Crippen molar-refractivity contribution >= 4 is 11.6 Å². The number of pyridine rings is 1. The number of benzene rings is 2. The first-order valence-corrected chi connectivity index (χ1v) is 8.68. The highest BCUT2D eigenvalue weighted by molar-refractivity contribution is 5.94. The van der Waals surface area contributed by atoms with Gasteiger partial charge in [0.05, 0.1) is 11.3 Å². The van der Waals surface area contributed by atoms with Crippen molar-refractivity contribution in [2.24, 2.45) is 0 Å². The van der Waals surface area contributed by atoms with Crippen molar-refractivity contribution in [1.29, 1.82) is 0 Å². The lowest BCUT2D eigenvalue weighted by molar-refractivity contribution is 0.0950. The number of carbonyl (C=O) groups excluding carboxylic acids is 1. The molecule has 1 aromatic heterocycles. The highest BCUT2D eigenvalue weighted by atomic mass is 16.1. The summed E-state index contributed by atoms with van der Waals surface area (Å²) in [4.78, 5) is 16.6. The van der Waals surface area contributed by atoms with Gasteiger partial charge in [0.2, 0.25) is 0 Å². The van der Waals surface area contributed by atoms with Crippen LogP contribution in [0.1, 0.15) is 32.6 Å². The minimum absolute atomic E-state index is 0.127. The van der Waals surface area contributed by atoms with Crippen LogP contribution in [0.3, 0.4) is 0 Å². The van der Waals surface area contributed by atoms with Gasteiger partial charge in [-0.1, -0.05) is 59.7 Å². The Hall–Kier alpha value is -3.14. The molecule has 0 saturated carbocycles. The number of nitrogens with one attached hydrogen (secondary N) is 2. The summed E-state index contributed by atoms with van der Waals surface area (Å²) in [6.45, 7) is 5.31. The van der Waals surface area contributed by atoms with E-state index in [1.54, 1.807) is 12.4 Å². The van der Waals surface area contributed by atoms with Crippen LogP contribution in [0.5, 0.6) is 0 Å². The van der Waals surface area contributed by atoms with Crippen molar-refractivity contribution in [3.63, 3.8) is 0 Å². The van der Waals surface area contributed by atoms with E-state index in [2.05, 4.69) is 46.8 Å². The third-order valence-corrected chi connectivity index (χ3v) is 4.12. The summed E-state index contributed by atoms with van der Waals surface area (Å²) >= 11 is 0. The van der Waals surface area contributed by atoms with Crippen LogP contribution in [0.15, 0.2) is 67.0 Å². The Kier molecular flexibility index (Phi) is 5.64. The van der Waals surface area contributed by atoms with E-state index in [0.717, 1.165) is 11.3 Å². The SMILES string of the molecule is Cc1cccc(CNC(=O)c2cncc(NCc3cccc(C)c3)c2)c1. The van der Waals surface area contributed by atoms with Gasteiger partial charge in [-0.05, 0) is 31.0 Å². The lowest BCUT2D eigenvalue weighted by Gasteiger charge is -2.09. The van der Waals surface area contributed by atoms with Crippen LogP contribution in [0.2, 0.25) is 0 Å². The van der Waals surface area contributed by atoms with E-state index in [0.29, 0.717) is 18.7 Å². The molecule has 0 aliphatic heterocycles. The zero-order valence-corrected chi connectivity index (χ0v) is 15.1. The fourth-order valence-corrected chi connectivity index (χ4v) is 2.79. The summed E-state index contributed by atoms with van der Waals surface area (Å²) in [5.74, 6) is -0.127. The molecule has 0 radical (unpaired) electrons. The van der Waals surface area contributed by atoms with Gasteiger partial charge in [0.15, 0.2) is 0 Å². The van der Waals surface area contributed by atoms with Crippen molar-refractivity contribution in [3.05, 3.63) is 94.8 Å². The number of anilines is 1. The molecule has 0 unspecified atom stereocenters. The van der Waals surface area contributed by atoms with E-state index in [4.69, 9.17) is 0 Å². The van der Waals surface area contributed by atoms with E-state index in [-0.39, 0.29) is 5.91 Å². The Morgan fingerprint density at radius 1 is 0.885 bits per heavy atom. The van der Waals surface area contributed by atoms with Gasteiger partial charge in [0.25, 0.3) is 5.91 Å². The first-order valence-electron chi connectivity index (χ1n) is 8.68. The van der Waals surface area contributed by atoms with Gasteiger partial charge < -0.3 is 10.6 Å². The molecule has 26 heavy (non-hydrogen) atoms. The zero-order valence-electron chi connectivity index (χ0n) is 15.1. The first kappa shape index (κ1) is 17.7. The lowest BCUT2D eigenvalue weighted by atomic mass is 10.1. The fraction of sp³-hybridized carbons (Fsp3) is 0.182. The third-order valence-electron chi connectivity index (χ3n) is 4.12. The van der Waals surface area contributed by atoms with Crippen LogP contribution in [0, 0.1) is 13.8 Å². The van der Waals surface area contributed by atoms with Gasteiger partial charge in [0, 0.05) is 25.5 Å². The van der Waals surface area contributed by atoms with E-state index in [1.165, 1.54) is 16.7 Å². The quantitative estimate of drug-likeness (QED) is 0.702. The number of rotatable bonds is 6. The number of aromatic nitrogens is 1. The highest BCUT2D eigenvalue weighted by Crippen LogP contribution is 2.12. The number of hydrogen-bond donors (Lipinski definition) is 2. The Balaban J connectivity index is 1.60. The molecule has 0 bridgehead atoms. The maximum atomic E-state index is 12.4. The van der Waals surface area contributed by atoms with Crippen LogP contribution in [-0.2, 0) is 13.1 Å². The van der Waals surface area contributed by atoms with Crippen molar-refractivity contribution in [1.82, 2.24) is 10.3 Å². The van der Waals surface area contributed by atoms with Crippen molar-refractivity contribution in [2.75, 3.05) is 5.32 Å². The second kappa shape index (κ2) is 8.30. The molecule has 132 valence electrons. The van der Waals surface area contributed by atoms with E-state index >= 15 is 0 Å². The molecule has 3 rings (SSSR count). The van der Waals surface area contributed by atoms with E-state index < -0.39 is 0 Å². The monoisotopic (exact) mass is 345 g/mol. The largest absolute Gasteiger partial charge is 0.380 e. The molecule has 4 heteroatoms. The zero-order chi connectivity index (χ0) is 18.4. The number of hydrogen-bond acceptors (Lipinski definition) is 3.